The molecule has 1 aromatic carbocycles. The second kappa shape index (κ2) is 4.96. The quantitative estimate of drug-likeness (QED) is 0.612. The van der Waals surface area contributed by atoms with Crippen molar-refractivity contribution in [3.63, 3.8) is 0 Å². The Morgan fingerprint density at radius 1 is 1.31 bits per heavy atom. The molecule has 0 bridgehead atoms. The number of nitro benzene ring substituents is 1. The number of nitrogens with one attached hydrogen (secondary N) is 1. The summed E-state index contributed by atoms with van der Waals surface area (Å²) in [6, 6.07) is 6.53. The second-order valence-corrected chi connectivity index (χ2v) is 4.56. The van der Waals surface area contributed by atoms with Gasteiger partial charge in [0.1, 0.15) is 0 Å². The average Bonchev–Trinajstić information content (AvgIpc) is 2.17. The van der Waals surface area contributed by atoms with E-state index in [1.165, 1.54) is 12.1 Å². The van der Waals surface area contributed by atoms with Crippen LogP contribution in [0.15, 0.2) is 24.3 Å². The first-order valence-corrected chi connectivity index (χ1v) is 5.47. The first-order chi connectivity index (χ1) is 7.44. The molecule has 0 aliphatic carbocycles. The molecule has 0 aliphatic rings. The highest BCUT2D eigenvalue weighted by atomic mass is 16.6. The van der Waals surface area contributed by atoms with Crippen LogP contribution in [0.5, 0.6) is 0 Å². The summed E-state index contributed by atoms with van der Waals surface area (Å²) >= 11 is 0. The summed E-state index contributed by atoms with van der Waals surface area (Å²) in [6.45, 7) is 6.38. The normalized spacial score (nSPS) is 11.2. The molecular weight excluding hydrogens is 204 g/mol. The topological polar surface area (TPSA) is 55.2 Å². The number of nitro groups is 1. The maximum atomic E-state index is 10.5. The van der Waals surface area contributed by atoms with Gasteiger partial charge in [0.25, 0.3) is 5.69 Å². The molecule has 16 heavy (non-hydrogen) atoms. The summed E-state index contributed by atoms with van der Waals surface area (Å²) in [4.78, 5) is 10.1. The standard InChI is InChI=1S/C12H18N2O2/c1-4-9-12(2,3)13-10-5-7-11(8-6-10)14(15)16/h5-8,13H,4,9H2,1-3H3. The highest BCUT2D eigenvalue weighted by Gasteiger charge is 2.16. The van der Waals surface area contributed by atoms with Gasteiger partial charge in [0.05, 0.1) is 4.92 Å². The molecule has 0 atom stereocenters. The molecule has 0 saturated carbocycles. The first kappa shape index (κ1) is 12.5. The third kappa shape index (κ3) is 3.53. The first-order valence-electron chi connectivity index (χ1n) is 5.47. The minimum absolute atomic E-state index is 0.0187. The lowest BCUT2D eigenvalue weighted by molar-refractivity contribution is -0.384. The Morgan fingerprint density at radius 3 is 2.31 bits per heavy atom. The number of nitrogens with zero attached hydrogens (tertiary/aromatic N) is 1. The van der Waals surface area contributed by atoms with Crippen molar-refractivity contribution in [2.45, 2.75) is 39.2 Å². The van der Waals surface area contributed by atoms with Gasteiger partial charge in [-0.2, -0.15) is 0 Å². The van der Waals surface area contributed by atoms with E-state index in [1.54, 1.807) is 12.1 Å². The van der Waals surface area contributed by atoms with Crippen molar-refractivity contribution >= 4 is 11.4 Å². The number of non-ortho nitro benzene ring substituents is 1. The van der Waals surface area contributed by atoms with E-state index in [0.29, 0.717) is 0 Å². The van der Waals surface area contributed by atoms with Gasteiger partial charge in [-0.05, 0) is 32.4 Å². The number of hydrogen-bond acceptors (Lipinski definition) is 3. The van der Waals surface area contributed by atoms with Crippen molar-refractivity contribution in [1.82, 2.24) is 0 Å². The summed E-state index contributed by atoms with van der Waals surface area (Å²) in [6.07, 6.45) is 2.16. The average molecular weight is 222 g/mol. The van der Waals surface area contributed by atoms with E-state index in [4.69, 9.17) is 0 Å². The van der Waals surface area contributed by atoms with Crippen LogP contribution >= 0.6 is 0 Å². The lowest BCUT2D eigenvalue weighted by Crippen LogP contribution is -2.30. The Kier molecular flexibility index (Phi) is 3.88. The zero-order chi connectivity index (χ0) is 12.2. The Labute approximate surface area is 95.8 Å². The summed E-state index contributed by atoms with van der Waals surface area (Å²) in [7, 11) is 0. The van der Waals surface area contributed by atoms with Crippen LogP contribution in [0.4, 0.5) is 11.4 Å². The molecule has 0 amide bonds. The number of anilines is 1. The van der Waals surface area contributed by atoms with Crippen molar-refractivity contribution in [3.05, 3.63) is 34.4 Å². The molecular formula is C12H18N2O2. The smallest absolute Gasteiger partial charge is 0.269 e. The Bertz CT molecular complexity index is 358. The van der Waals surface area contributed by atoms with Crippen LogP contribution in [0.25, 0.3) is 0 Å². The van der Waals surface area contributed by atoms with Crippen molar-refractivity contribution in [2.24, 2.45) is 0 Å². The second-order valence-electron chi connectivity index (χ2n) is 4.56. The highest BCUT2D eigenvalue weighted by molar-refractivity contribution is 5.49. The molecule has 1 aromatic rings. The molecule has 0 spiro atoms. The fourth-order valence-electron chi connectivity index (χ4n) is 1.74. The van der Waals surface area contributed by atoms with Crippen LogP contribution in [-0.2, 0) is 0 Å². The van der Waals surface area contributed by atoms with Crippen LogP contribution in [0.3, 0.4) is 0 Å². The predicted molar refractivity (Wildman–Crippen MR) is 65.7 cm³/mol. The molecule has 0 aliphatic heterocycles. The van der Waals surface area contributed by atoms with Crippen molar-refractivity contribution < 1.29 is 4.92 Å². The van der Waals surface area contributed by atoms with Gasteiger partial charge in [0, 0.05) is 23.4 Å². The Hall–Kier alpha value is -1.58. The van der Waals surface area contributed by atoms with Gasteiger partial charge in [-0.25, -0.2) is 0 Å². The van der Waals surface area contributed by atoms with Crippen molar-refractivity contribution in [2.75, 3.05) is 5.32 Å². The lowest BCUT2D eigenvalue weighted by Gasteiger charge is -2.27. The highest BCUT2D eigenvalue weighted by Crippen LogP contribution is 2.21. The van der Waals surface area contributed by atoms with Gasteiger partial charge in [0.15, 0.2) is 0 Å². The summed E-state index contributed by atoms with van der Waals surface area (Å²) < 4.78 is 0. The molecule has 0 radical (unpaired) electrons. The molecule has 4 nitrogen and oxygen atoms in total. The lowest BCUT2D eigenvalue weighted by atomic mass is 9.98. The van der Waals surface area contributed by atoms with E-state index < -0.39 is 0 Å². The van der Waals surface area contributed by atoms with Crippen LogP contribution in [-0.4, -0.2) is 10.5 Å². The summed E-state index contributed by atoms with van der Waals surface area (Å²) in [5.41, 5.74) is 1.06. The zero-order valence-corrected chi connectivity index (χ0v) is 9.99. The van der Waals surface area contributed by atoms with E-state index in [9.17, 15) is 10.1 Å². The largest absolute Gasteiger partial charge is 0.380 e. The summed E-state index contributed by atoms with van der Waals surface area (Å²) in [5, 5.41) is 13.8. The fourth-order valence-corrected chi connectivity index (χ4v) is 1.74. The molecule has 4 heteroatoms. The van der Waals surface area contributed by atoms with Crippen LogP contribution in [0.1, 0.15) is 33.6 Å². The monoisotopic (exact) mass is 222 g/mol. The van der Waals surface area contributed by atoms with E-state index in [0.717, 1.165) is 18.5 Å². The summed E-state index contributed by atoms with van der Waals surface area (Å²) in [5.74, 6) is 0. The SMILES string of the molecule is CCCC(C)(C)Nc1ccc([N+](=O)[O-])cc1. The van der Waals surface area contributed by atoms with Gasteiger partial charge in [-0.15, -0.1) is 0 Å². The van der Waals surface area contributed by atoms with E-state index in [-0.39, 0.29) is 16.1 Å². The number of rotatable bonds is 5. The van der Waals surface area contributed by atoms with Crippen LogP contribution in [0.2, 0.25) is 0 Å². The van der Waals surface area contributed by atoms with Gasteiger partial charge >= 0.3 is 0 Å². The van der Waals surface area contributed by atoms with Gasteiger partial charge in [0.2, 0.25) is 0 Å². The van der Waals surface area contributed by atoms with E-state index >= 15 is 0 Å². The minimum atomic E-state index is -0.388. The van der Waals surface area contributed by atoms with Crippen LogP contribution in [0, 0.1) is 10.1 Å². The third-order valence-corrected chi connectivity index (χ3v) is 2.44. The van der Waals surface area contributed by atoms with Gasteiger partial charge in [-0.3, -0.25) is 10.1 Å². The zero-order valence-electron chi connectivity index (χ0n) is 9.99. The molecule has 0 fully saturated rings. The van der Waals surface area contributed by atoms with Crippen LogP contribution < -0.4 is 5.32 Å². The molecule has 88 valence electrons. The molecule has 0 aromatic heterocycles. The Morgan fingerprint density at radius 2 is 1.88 bits per heavy atom. The maximum absolute atomic E-state index is 10.5. The molecule has 1 N–H and O–H groups in total. The fraction of sp³-hybridized carbons (Fsp3) is 0.500. The number of benzene rings is 1. The van der Waals surface area contributed by atoms with Gasteiger partial charge < -0.3 is 5.32 Å². The van der Waals surface area contributed by atoms with Gasteiger partial charge in [-0.1, -0.05) is 13.3 Å². The minimum Gasteiger partial charge on any atom is -0.380 e. The molecule has 0 unspecified atom stereocenters. The van der Waals surface area contributed by atoms with Crippen molar-refractivity contribution in [1.29, 1.82) is 0 Å². The third-order valence-electron chi connectivity index (χ3n) is 2.44. The number of hydrogen-bond donors (Lipinski definition) is 1. The predicted octanol–water partition coefficient (Wildman–Crippen LogP) is 3.59. The Balaban J connectivity index is 2.72. The molecule has 0 saturated heterocycles. The van der Waals surface area contributed by atoms with Crippen molar-refractivity contribution in [3.8, 4) is 0 Å². The molecule has 1 rings (SSSR count). The van der Waals surface area contributed by atoms with E-state index in [2.05, 4.69) is 26.1 Å². The maximum Gasteiger partial charge on any atom is 0.269 e. The molecule has 0 heterocycles. The van der Waals surface area contributed by atoms with E-state index in [1.807, 2.05) is 0 Å².